The van der Waals surface area contributed by atoms with Crippen molar-refractivity contribution >= 4 is 16.8 Å². The van der Waals surface area contributed by atoms with Gasteiger partial charge in [-0.3, -0.25) is 5.01 Å². The maximum Gasteiger partial charge on any atom is 0.115 e. The Balaban J connectivity index is 2.12. The van der Waals surface area contributed by atoms with E-state index in [9.17, 15) is 0 Å². The number of thioether (sulfide) groups is 1. The van der Waals surface area contributed by atoms with Gasteiger partial charge in [0.1, 0.15) is 11.1 Å². The summed E-state index contributed by atoms with van der Waals surface area (Å²) in [7, 11) is 0. The molecule has 2 rings (SSSR count). The molecule has 0 radical (unpaired) electrons. The topological polar surface area (TPSA) is 47.9 Å². The Labute approximate surface area is 82.3 Å². The van der Waals surface area contributed by atoms with Crippen molar-refractivity contribution in [3.63, 3.8) is 0 Å². The predicted octanol–water partition coefficient (Wildman–Crippen LogP) is 0.878. The van der Waals surface area contributed by atoms with E-state index in [4.69, 9.17) is 5.21 Å². The largest absolute Gasteiger partial charge is 0.316 e. The van der Waals surface area contributed by atoms with Crippen molar-refractivity contribution in [1.29, 1.82) is 0 Å². The number of nitrogens with zero attached hydrogens (tertiary/aromatic N) is 2. The van der Waals surface area contributed by atoms with Crippen molar-refractivity contribution in [2.75, 3.05) is 12.8 Å². The van der Waals surface area contributed by atoms with Gasteiger partial charge in [0, 0.05) is 6.54 Å². The van der Waals surface area contributed by atoms with Gasteiger partial charge in [-0.2, -0.15) is 10.6 Å². The fourth-order valence-electron chi connectivity index (χ4n) is 2.07. The molecule has 0 aliphatic carbocycles. The third-order valence-electron chi connectivity index (χ3n) is 2.75. The minimum absolute atomic E-state index is 0.0373. The number of hydrogen-bond acceptors (Lipinski definition) is 5. The van der Waals surface area contributed by atoms with Gasteiger partial charge in [0.2, 0.25) is 0 Å². The van der Waals surface area contributed by atoms with Crippen LogP contribution in [0.15, 0.2) is 5.10 Å². The number of hydrazone groups is 1. The molecule has 0 saturated carbocycles. The van der Waals surface area contributed by atoms with E-state index in [1.165, 1.54) is 12.8 Å². The number of nitrogens with one attached hydrogen (secondary N) is 1. The van der Waals surface area contributed by atoms with Gasteiger partial charge in [0.15, 0.2) is 0 Å². The lowest BCUT2D eigenvalue weighted by Gasteiger charge is -2.31. The minimum Gasteiger partial charge on any atom is -0.316 e. The Morgan fingerprint density at radius 3 is 3.15 bits per heavy atom. The first-order valence-electron chi connectivity index (χ1n) is 4.65. The summed E-state index contributed by atoms with van der Waals surface area (Å²) in [5, 5.41) is 16.6. The molecular weight excluding hydrogens is 186 g/mol. The molecule has 2 aliphatic heterocycles. The summed E-state index contributed by atoms with van der Waals surface area (Å²) in [6, 6.07) is 0.413. The molecule has 0 aromatic carbocycles. The Hall–Kier alpha value is -0.260. The normalized spacial score (nSPS) is 33.1. The van der Waals surface area contributed by atoms with Crippen molar-refractivity contribution in [2.24, 2.45) is 5.10 Å². The molecule has 74 valence electrons. The van der Waals surface area contributed by atoms with Crippen LogP contribution in [0, 0.1) is 0 Å². The summed E-state index contributed by atoms with van der Waals surface area (Å²) in [5.41, 5.74) is 2.37. The Bertz CT molecular complexity index is 221. The summed E-state index contributed by atoms with van der Waals surface area (Å²) in [4.78, 5) is 0. The Morgan fingerprint density at radius 2 is 2.46 bits per heavy atom. The van der Waals surface area contributed by atoms with Crippen molar-refractivity contribution in [3.05, 3.63) is 0 Å². The first kappa shape index (κ1) is 9.30. The molecule has 0 bridgehead atoms. The molecule has 0 aromatic rings. The van der Waals surface area contributed by atoms with Gasteiger partial charge in [-0.1, -0.05) is 0 Å². The van der Waals surface area contributed by atoms with Gasteiger partial charge >= 0.3 is 0 Å². The van der Waals surface area contributed by atoms with Crippen molar-refractivity contribution in [3.8, 4) is 0 Å². The van der Waals surface area contributed by atoms with Gasteiger partial charge in [-0.15, -0.1) is 11.8 Å². The molecular formula is C8H15N3OS. The van der Waals surface area contributed by atoms with E-state index in [0.29, 0.717) is 6.04 Å². The summed E-state index contributed by atoms with van der Waals surface area (Å²) < 4.78 is 0. The average molecular weight is 201 g/mol. The van der Waals surface area contributed by atoms with Crippen LogP contribution in [0.4, 0.5) is 0 Å². The van der Waals surface area contributed by atoms with Gasteiger partial charge in [0.25, 0.3) is 0 Å². The first-order valence-corrected chi connectivity index (χ1v) is 5.88. The van der Waals surface area contributed by atoms with Crippen LogP contribution in [0.25, 0.3) is 0 Å². The lowest BCUT2D eigenvalue weighted by atomic mass is 9.99. The molecule has 2 N–H and O–H groups in total. The quantitative estimate of drug-likeness (QED) is 0.618. The highest BCUT2D eigenvalue weighted by molar-refractivity contribution is 8.13. The SMILES string of the molecule is CSC1=NN2CCCCC2C1NO. The van der Waals surface area contributed by atoms with E-state index >= 15 is 0 Å². The number of piperidine rings is 1. The molecule has 0 spiro atoms. The van der Waals surface area contributed by atoms with Gasteiger partial charge in [0.05, 0.1) is 6.04 Å². The van der Waals surface area contributed by atoms with Crippen LogP contribution in [0.5, 0.6) is 0 Å². The summed E-state index contributed by atoms with van der Waals surface area (Å²) in [6.45, 7) is 1.03. The average Bonchev–Trinajstić information content (AvgIpc) is 2.55. The van der Waals surface area contributed by atoms with E-state index < -0.39 is 0 Å². The van der Waals surface area contributed by atoms with Crippen molar-refractivity contribution in [2.45, 2.75) is 31.3 Å². The fourth-order valence-corrected chi connectivity index (χ4v) is 2.72. The molecule has 0 amide bonds. The summed E-state index contributed by atoms with van der Waals surface area (Å²) in [6.07, 6.45) is 5.60. The molecule has 2 aliphatic rings. The second-order valence-electron chi connectivity index (χ2n) is 3.48. The molecule has 1 saturated heterocycles. The molecule has 1 fully saturated rings. The second-order valence-corrected chi connectivity index (χ2v) is 4.30. The van der Waals surface area contributed by atoms with E-state index in [2.05, 4.69) is 15.6 Å². The third kappa shape index (κ3) is 1.56. The van der Waals surface area contributed by atoms with E-state index in [1.807, 2.05) is 6.26 Å². The molecule has 0 aromatic heterocycles. The molecule has 2 atom stereocenters. The first-order chi connectivity index (χ1) is 6.36. The molecule has 13 heavy (non-hydrogen) atoms. The van der Waals surface area contributed by atoms with E-state index in [-0.39, 0.29) is 6.04 Å². The lowest BCUT2D eigenvalue weighted by molar-refractivity contribution is 0.0877. The Kier molecular flexibility index (Phi) is 2.76. The zero-order valence-electron chi connectivity index (χ0n) is 7.73. The predicted molar refractivity (Wildman–Crippen MR) is 54.0 cm³/mol. The molecule has 2 unspecified atom stereocenters. The molecule has 2 heterocycles. The zero-order chi connectivity index (χ0) is 9.26. The van der Waals surface area contributed by atoms with Crippen LogP contribution >= 0.6 is 11.8 Å². The highest BCUT2D eigenvalue weighted by atomic mass is 32.2. The number of fused-ring (bicyclic) bond motifs is 1. The third-order valence-corrected chi connectivity index (χ3v) is 3.50. The maximum absolute atomic E-state index is 9.04. The van der Waals surface area contributed by atoms with Crippen LogP contribution < -0.4 is 5.48 Å². The summed E-state index contributed by atoms with van der Waals surface area (Å²) >= 11 is 1.62. The number of rotatable bonds is 1. The van der Waals surface area contributed by atoms with Gasteiger partial charge < -0.3 is 5.21 Å². The van der Waals surface area contributed by atoms with Gasteiger partial charge in [-0.25, -0.2) is 0 Å². The minimum atomic E-state index is 0.0373. The Morgan fingerprint density at radius 1 is 1.62 bits per heavy atom. The van der Waals surface area contributed by atoms with Crippen LogP contribution in [-0.4, -0.2) is 40.1 Å². The number of hydrogen-bond donors (Lipinski definition) is 2. The van der Waals surface area contributed by atoms with Crippen LogP contribution in [-0.2, 0) is 0 Å². The van der Waals surface area contributed by atoms with Gasteiger partial charge in [-0.05, 0) is 25.5 Å². The second kappa shape index (κ2) is 3.86. The molecule has 5 heteroatoms. The fraction of sp³-hybridized carbons (Fsp3) is 0.875. The monoisotopic (exact) mass is 201 g/mol. The smallest absolute Gasteiger partial charge is 0.115 e. The zero-order valence-corrected chi connectivity index (χ0v) is 8.55. The maximum atomic E-state index is 9.04. The van der Waals surface area contributed by atoms with E-state index in [1.54, 1.807) is 11.8 Å². The number of hydroxylamine groups is 1. The highest BCUT2D eigenvalue weighted by Gasteiger charge is 2.37. The van der Waals surface area contributed by atoms with Crippen LogP contribution in [0.1, 0.15) is 19.3 Å². The van der Waals surface area contributed by atoms with E-state index in [0.717, 1.165) is 18.0 Å². The van der Waals surface area contributed by atoms with Crippen LogP contribution in [0.2, 0.25) is 0 Å². The highest BCUT2D eigenvalue weighted by Crippen LogP contribution is 2.28. The molecule has 4 nitrogen and oxygen atoms in total. The van der Waals surface area contributed by atoms with Crippen molar-refractivity contribution < 1.29 is 5.21 Å². The van der Waals surface area contributed by atoms with Crippen molar-refractivity contribution in [1.82, 2.24) is 10.5 Å². The standard InChI is InChI=1S/C8H15N3OS/c1-13-8-7(10-12)6-4-2-3-5-11(6)9-8/h6-7,10,12H,2-5H2,1H3. The summed E-state index contributed by atoms with van der Waals surface area (Å²) in [5.74, 6) is 0. The van der Waals surface area contributed by atoms with Crippen LogP contribution in [0.3, 0.4) is 0 Å². The lowest BCUT2D eigenvalue weighted by Crippen LogP contribution is -2.46.